The summed E-state index contributed by atoms with van der Waals surface area (Å²) in [6.07, 6.45) is 1.51. The Morgan fingerprint density at radius 1 is 1.53 bits per heavy atom. The Balaban J connectivity index is 2.37. The Hall–Kier alpha value is -1.51. The molecule has 1 aromatic carbocycles. The van der Waals surface area contributed by atoms with E-state index in [4.69, 9.17) is 4.74 Å². The molecule has 0 spiro atoms. The number of aryl methyl sites for hydroxylation is 1. The first-order valence-corrected chi connectivity index (χ1v) is 5.03. The molecule has 3 heteroatoms. The summed E-state index contributed by atoms with van der Waals surface area (Å²) in [5.41, 5.74) is 0.312. The third kappa shape index (κ3) is 1.69. The number of phenolic OH excluding ortho intramolecular Hbond substituents is 1. The minimum absolute atomic E-state index is 0.0245. The molecule has 2 rings (SSSR count). The van der Waals surface area contributed by atoms with E-state index < -0.39 is 5.60 Å². The highest BCUT2D eigenvalue weighted by Gasteiger charge is 2.35. The van der Waals surface area contributed by atoms with Gasteiger partial charge in [0, 0.05) is 6.07 Å². The summed E-state index contributed by atoms with van der Waals surface area (Å²) in [4.78, 5) is 11.4. The standard InChI is InChI=1S/C12H14O3/c1-8(13)12(2)6-5-9-3-4-10(14)7-11(9)15-12/h3-4,7,14H,5-6H2,1-2H3/t12-/m1/s1. The van der Waals surface area contributed by atoms with Crippen molar-refractivity contribution in [3.63, 3.8) is 0 Å². The van der Waals surface area contributed by atoms with Gasteiger partial charge >= 0.3 is 0 Å². The molecular formula is C12H14O3. The number of ketones is 1. The van der Waals surface area contributed by atoms with E-state index >= 15 is 0 Å². The summed E-state index contributed by atoms with van der Waals surface area (Å²) in [6.45, 7) is 3.33. The van der Waals surface area contributed by atoms with Gasteiger partial charge in [0.15, 0.2) is 11.4 Å². The van der Waals surface area contributed by atoms with Gasteiger partial charge in [-0.05, 0) is 38.3 Å². The smallest absolute Gasteiger partial charge is 0.172 e. The first-order chi connectivity index (χ1) is 7.01. The van der Waals surface area contributed by atoms with Crippen molar-refractivity contribution in [1.82, 2.24) is 0 Å². The minimum Gasteiger partial charge on any atom is -0.508 e. The van der Waals surface area contributed by atoms with E-state index in [0.717, 1.165) is 12.0 Å². The van der Waals surface area contributed by atoms with Gasteiger partial charge in [-0.15, -0.1) is 0 Å². The quantitative estimate of drug-likeness (QED) is 0.765. The van der Waals surface area contributed by atoms with Crippen molar-refractivity contribution >= 4 is 5.78 Å². The molecule has 0 amide bonds. The molecule has 1 N–H and O–H groups in total. The Bertz CT molecular complexity index is 411. The number of hydrogen-bond acceptors (Lipinski definition) is 3. The van der Waals surface area contributed by atoms with E-state index in [2.05, 4.69) is 0 Å². The van der Waals surface area contributed by atoms with Gasteiger partial charge in [0.05, 0.1) is 0 Å². The summed E-state index contributed by atoms with van der Waals surface area (Å²) in [6, 6.07) is 5.04. The van der Waals surface area contributed by atoms with E-state index in [1.165, 1.54) is 6.92 Å². The fourth-order valence-corrected chi connectivity index (χ4v) is 1.76. The van der Waals surface area contributed by atoms with Crippen LogP contribution in [0.3, 0.4) is 0 Å². The highest BCUT2D eigenvalue weighted by Crippen LogP contribution is 2.35. The maximum absolute atomic E-state index is 11.4. The van der Waals surface area contributed by atoms with Crippen LogP contribution in [0.25, 0.3) is 0 Å². The number of hydrogen-bond donors (Lipinski definition) is 1. The number of phenols is 1. The number of benzene rings is 1. The lowest BCUT2D eigenvalue weighted by Crippen LogP contribution is -2.42. The molecule has 0 saturated heterocycles. The Kier molecular flexibility index (Phi) is 2.18. The zero-order chi connectivity index (χ0) is 11.1. The number of Topliss-reactive ketones (excluding diaryl/α,β-unsaturated/α-hetero) is 1. The highest BCUT2D eigenvalue weighted by molar-refractivity contribution is 5.85. The number of rotatable bonds is 1. The molecule has 0 fully saturated rings. The molecule has 0 bridgehead atoms. The largest absolute Gasteiger partial charge is 0.508 e. The molecule has 1 aliphatic heterocycles. The van der Waals surface area contributed by atoms with E-state index in [1.807, 2.05) is 6.07 Å². The maximum atomic E-state index is 11.4. The molecule has 80 valence electrons. The van der Waals surface area contributed by atoms with E-state index in [-0.39, 0.29) is 11.5 Å². The van der Waals surface area contributed by atoms with Crippen molar-refractivity contribution in [3.8, 4) is 11.5 Å². The van der Waals surface area contributed by atoms with Crippen molar-refractivity contribution in [3.05, 3.63) is 23.8 Å². The van der Waals surface area contributed by atoms with Crippen LogP contribution in [0.2, 0.25) is 0 Å². The predicted octanol–water partition coefficient (Wildman–Crippen LogP) is 2.06. The number of aromatic hydroxyl groups is 1. The maximum Gasteiger partial charge on any atom is 0.172 e. The van der Waals surface area contributed by atoms with Crippen LogP contribution in [0.1, 0.15) is 25.8 Å². The van der Waals surface area contributed by atoms with Crippen LogP contribution in [0.5, 0.6) is 11.5 Å². The van der Waals surface area contributed by atoms with Gasteiger partial charge in [0.1, 0.15) is 11.5 Å². The Labute approximate surface area is 88.7 Å². The van der Waals surface area contributed by atoms with Crippen molar-refractivity contribution in [1.29, 1.82) is 0 Å². The lowest BCUT2D eigenvalue weighted by molar-refractivity contribution is -0.132. The van der Waals surface area contributed by atoms with Crippen LogP contribution < -0.4 is 4.74 Å². The van der Waals surface area contributed by atoms with Gasteiger partial charge < -0.3 is 9.84 Å². The molecule has 3 nitrogen and oxygen atoms in total. The van der Waals surface area contributed by atoms with Crippen molar-refractivity contribution in [2.75, 3.05) is 0 Å². The van der Waals surface area contributed by atoms with Crippen LogP contribution in [-0.4, -0.2) is 16.5 Å². The summed E-state index contributed by atoms with van der Waals surface area (Å²) in [5.74, 6) is 0.817. The van der Waals surface area contributed by atoms with Crippen LogP contribution in [-0.2, 0) is 11.2 Å². The molecule has 15 heavy (non-hydrogen) atoms. The summed E-state index contributed by atoms with van der Waals surface area (Å²) in [5, 5.41) is 9.33. The fraction of sp³-hybridized carbons (Fsp3) is 0.417. The lowest BCUT2D eigenvalue weighted by atomic mass is 9.90. The zero-order valence-electron chi connectivity index (χ0n) is 8.91. The number of ether oxygens (including phenoxy) is 1. The average molecular weight is 206 g/mol. The summed E-state index contributed by atoms with van der Waals surface area (Å²) in [7, 11) is 0. The van der Waals surface area contributed by atoms with Crippen LogP contribution >= 0.6 is 0 Å². The minimum atomic E-state index is -0.735. The van der Waals surface area contributed by atoms with Crippen molar-refractivity contribution in [2.45, 2.75) is 32.3 Å². The Morgan fingerprint density at radius 3 is 2.93 bits per heavy atom. The van der Waals surface area contributed by atoms with Crippen molar-refractivity contribution in [2.24, 2.45) is 0 Å². The third-order valence-corrected chi connectivity index (χ3v) is 3.00. The van der Waals surface area contributed by atoms with Crippen LogP contribution in [0.15, 0.2) is 18.2 Å². The molecular weight excluding hydrogens is 192 g/mol. The van der Waals surface area contributed by atoms with Crippen molar-refractivity contribution < 1.29 is 14.6 Å². The van der Waals surface area contributed by atoms with Gasteiger partial charge in [-0.25, -0.2) is 0 Å². The molecule has 1 atom stereocenters. The Morgan fingerprint density at radius 2 is 2.27 bits per heavy atom. The molecule has 1 heterocycles. The second-order valence-electron chi connectivity index (χ2n) is 4.18. The van der Waals surface area contributed by atoms with Gasteiger partial charge in [-0.2, -0.15) is 0 Å². The van der Waals surface area contributed by atoms with Gasteiger partial charge in [-0.3, -0.25) is 4.79 Å². The van der Waals surface area contributed by atoms with E-state index in [1.54, 1.807) is 19.1 Å². The number of carbonyl (C=O) groups is 1. The zero-order valence-corrected chi connectivity index (χ0v) is 8.91. The summed E-state index contributed by atoms with van der Waals surface area (Å²) >= 11 is 0. The molecule has 0 radical (unpaired) electrons. The second kappa shape index (κ2) is 3.26. The summed E-state index contributed by atoms with van der Waals surface area (Å²) < 4.78 is 5.65. The van der Waals surface area contributed by atoms with Gasteiger partial charge in [0.25, 0.3) is 0 Å². The molecule has 1 aliphatic rings. The highest BCUT2D eigenvalue weighted by atomic mass is 16.5. The number of carbonyl (C=O) groups excluding carboxylic acids is 1. The monoisotopic (exact) mass is 206 g/mol. The number of fused-ring (bicyclic) bond motifs is 1. The van der Waals surface area contributed by atoms with Gasteiger partial charge in [0.2, 0.25) is 0 Å². The molecule has 0 unspecified atom stereocenters. The first kappa shape index (κ1) is 10.0. The predicted molar refractivity (Wildman–Crippen MR) is 56.1 cm³/mol. The van der Waals surface area contributed by atoms with E-state index in [9.17, 15) is 9.90 Å². The van der Waals surface area contributed by atoms with E-state index in [0.29, 0.717) is 12.2 Å². The average Bonchev–Trinajstić information content (AvgIpc) is 2.16. The molecule has 0 saturated carbocycles. The SMILES string of the molecule is CC(=O)[C@@]1(C)CCc2ccc(O)cc2O1. The lowest BCUT2D eigenvalue weighted by Gasteiger charge is -2.33. The third-order valence-electron chi connectivity index (χ3n) is 3.00. The fourth-order valence-electron chi connectivity index (χ4n) is 1.76. The van der Waals surface area contributed by atoms with Crippen LogP contribution in [0, 0.1) is 0 Å². The normalized spacial score (nSPS) is 24.1. The second-order valence-corrected chi connectivity index (χ2v) is 4.18. The topological polar surface area (TPSA) is 46.5 Å². The first-order valence-electron chi connectivity index (χ1n) is 5.03. The van der Waals surface area contributed by atoms with Gasteiger partial charge in [-0.1, -0.05) is 6.07 Å². The van der Waals surface area contributed by atoms with Crippen LogP contribution in [0.4, 0.5) is 0 Å². The molecule has 0 aromatic heterocycles. The molecule has 1 aromatic rings. The molecule has 0 aliphatic carbocycles.